The van der Waals surface area contributed by atoms with Gasteiger partial charge in [0.25, 0.3) is 0 Å². The zero-order valence-electron chi connectivity index (χ0n) is 11.0. The van der Waals surface area contributed by atoms with Crippen LogP contribution in [0.15, 0.2) is 18.2 Å². The Kier molecular flexibility index (Phi) is 4.44. The van der Waals surface area contributed by atoms with Crippen molar-refractivity contribution >= 4 is 0 Å². The predicted molar refractivity (Wildman–Crippen MR) is 69.9 cm³/mol. The van der Waals surface area contributed by atoms with Crippen molar-refractivity contribution in [1.82, 2.24) is 5.32 Å². The maximum atomic E-state index is 9.82. The van der Waals surface area contributed by atoms with Crippen molar-refractivity contribution in [2.75, 3.05) is 20.3 Å². The molecule has 0 bridgehead atoms. The number of rotatable bonds is 5. The van der Waals surface area contributed by atoms with Crippen LogP contribution in [0.3, 0.4) is 0 Å². The molecule has 1 aliphatic heterocycles. The van der Waals surface area contributed by atoms with Gasteiger partial charge in [-0.2, -0.15) is 0 Å². The van der Waals surface area contributed by atoms with E-state index in [1.54, 1.807) is 13.2 Å². The zero-order valence-corrected chi connectivity index (χ0v) is 11.0. The van der Waals surface area contributed by atoms with E-state index in [2.05, 4.69) is 12.2 Å². The van der Waals surface area contributed by atoms with E-state index in [9.17, 15) is 5.11 Å². The average molecular weight is 251 g/mol. The molecule has 1 fully saturated rings. The fourth-order valence-electron chi connectivity index (χ4n) is 2.26. The molecule has 0 saturated carbocycles. The third kappa shape index (κ3) is 3.15. The standard InChI is InChI=1S/C14H21NO3/c1-10-11(5-6-18-10)8-15-9-12-3-4-13(17-2)7-14(12)16/h3-4,7,10-11,15-16H,5-6,8-9H2,1-2H3. The third-order valence-electron chi connectivity index (χ3n) is 3.55. The number of phenols is 1. The van der Waals surface area contributed by atoms with Gasteiger partial charge in [0.1, 0.15) is 11.5 Å². The van der Waals surface area contributed by atoms with Gasteiger partial charge in [-0.25, -0.2) is 0 Å². The average Bonchev–Trinajstić information content (AvgIpc) is 2.77. The normalized spacial score (nSPS) is 23.2. The molecule has 1 heterocycles. The summed E-state index contributed by atoms with van der Waals surface area (Å²) in [4.78, 5) is 0. The maximum Gasteiger partial charge on any atom is 0.123 e. The van der Waals surface area contributed by atoms with E-state index in [-0.39, 0.29) is 5.75 Å². The molecule has 4 nitrogen and oxygen atoms in total. The molecule has 1 aromatic carbocycles. The van der Waals surface area contributed by atoms with Crippen molar-refractivity contribution in [2.45, 2.75) is 26.0 Å². The first-order valence-corrected chi connectivity index (χ1v) is 6.39. The van der Waals surface area contributed by atoms with Crippen LogP contribution in [0.1, 0.15) is 18.9 Å². The molecule has 1 aliphatic rings. The van der Waals surface area contributed by atoms with Gasteiger partial charge in [0.2, 0.25) is 0 Å². The number of ether oxygens (including phenoxy) is 2. The Balaban J connectivity index is 1.83. The molecule has 2 unspecified atom stereocenters. The molecular weight excluding hydrogens is 230 g/mol. The number of hydrogen-bond acceptors (Lipinski definition) is 4. The Morgan fingerprint density at radius 3 is 2.94 bits per heavy atom. The van der Waals surface area contributed by atoms with Crippen LogP contribution in [-0.4, -0.2) is 31.5 Å². The van der Waals surface area contributed by atoms with Gasteiger partial charge in [0.15, 0.2) is 0 Å². The van der Waals surface area contributed by atoms with Crippen molar-refractivity contribution in [3.63, 3.8) is 0 Å². The molecule has 0 spiro atoms. The van der Waals surface area contributed by atoms with Gasteiger partial charge in [0.05, 0.1) is 13.2 Å². The Labute approximate surface area is 108 Å². The SMILES string of the molecule is COc1ccc(CNCC2CCOC2C)c(O)c1. The molecule has 2 rings (SSSR count). The van der Waals surface area contributed by atoms with Crippen molar-refractivity contribution in [3.05, 3.63) is 23.8 Å². The zero-order chi connectivity index (χ0) is 13.0. The fourth-order valence-corrected chi connectivity index (χ4v) is 2.26. The number of benzene rings is 1. The summed E-state index contributed by atoms with van der Waals surface area (Å²) in [5, 5.41) is 13.2. The van der Waals surface area contributed by atoms with Crippen LogP contribution < -0.4 is 10.1 Å². The third-order valence-corrected chi connectivity index (χ3v) is 3.55. The van der Waals surface area contributed by atoms with Crippen LogP contribution in [0.4, 0.5) is 0 Å². The van der Waals surface area contributed by atoms with E-state index in [1.165, 1.54) is 0 Å². The maximum absolute atomic E-state index is 9.82. The second-order valence-corrected chi connectivity index (χ2v) is 4.75. The second kappa shape index (κ2) is 6.07. The molecule has 1 saturated heterocycles. The Bertz CT molecular complexity index is 395. The molecule has 100 valence electrons. The highest BCUT2D eigenvalue weighted by Crippen LogP contribution is 2.24. The number of nitrogens with one attached hydrogen (secondary N) is 1. The summed E-state index contributed by atoms with van der Waals surface area (Å²) in [7, 11) is 1.59. The minimum absolute atomic E-state index is 0.276. The first kappa shape index (κ1) is 13.2. The number of methoxy groups -OCH3 is 1. The lowest BCUT2D eigenvalue weighted by atomic mass is 10.0. The van der Waals surface area contributed by atoms with Crippen LogP contribution in [0, 0.1) is 5.92 Å². The molecule has 0 amide bonds. The number of phenolic OH excluding ortho intramolecular Hbond substituents is 1. The predicted octanol–water partition coefficient (Wildman–Crippen LogP) is 1.92. The lowest BCUT2D eigenvalue weighted by Gasteiger charge is -2.15. The molecule has 2 N–H and O–H groups in total. The van der Waals surface area contributed by atoms with Crippen molar-refractivity contribution in [2.24, 2.45) is 5.92 Å². The van der Waals surface area contributed by atoms with E-state index in [0.29, 0.717) is 24.3 Å². The van der Waals surface area contributed by atoms with Gasteiger partial charge in [-0.15, -0.1) is 0 Å². The number of hydrogen-bond donors (Lipinski definition) is 2. The molecule has 2 atom stereocenters. The minimum atomic E-state index is 0.276. The molecule has 0 aliphatic carbocycles. The topological polar surface area (TPSA) is 50.7 Å². The van der Waals surface area contributed by atoms with Crippen LogP contribution in [0.2, 0.25) is 0 Å². The lowest BCUT2D eigenvalue weighted by molar-refractivity contribution is 0.105. The largest absolute Gasteiger partial charge is 0.507 e. The van der Waals surface area contributed by atoms with Gasteiger partial charge >= 0.3 is 0 Å². The van der Waals surface area contributed by atoms with E-state index in [4.69, 9.17) is 9.47 Å². The quantitative estimate of drug-likeness (QED) is 0.839. The first-order chi connectivity index (χ1) is 8.70. The Hall–Kier alpha value is -1.26. The summed E-state index contributed by atoms with van der Waals surface area (Å²) in [6.45, 7) is 4.57. The molecule has 0 radical (unpaired) electrons. The summed E-state index contributed by atoms with van der Waals surface area (Å²) in [6, 6.07) is 5.38. The van der Waals surface area contributed by atoms with Crippen molar-refractivity contribution in [1.29, 1.82) is 0 Å². The molecule has 4 heteroatoms. The van der Waals surface area contributed by atoms with Crippen molar-refractivity contribution in [3.8, 4) is 11.5 Å². The summed E-state index contributed by atoms with van der Waals surface area (Å²) >= 11 is 0. The smallest absolute Gasteiger partial charge is 0.123 e. The first-order valence-electron chi connectivity index (χ1n) is 6.39. The monoisotopic (exact) mass is 251 g/mol. The minimum Gasteiger partial charge on any atom is -0.507 e. The highest BCUT2D eigenvalue weighted by atomic mass is 16.5. The lowest BCUT2D eigenvalue weighted by Crippen LogP contribution is -2.26. The summed E-state index contributed by atoms with van der Waals surface area (Å²) in [6.07, 6.45) is 1.45. The molecule has 18 heavy (non-hydrogen) atoms. The van der Waals surface area contributed by atoms with E-state index in [0.717, 1.165) is 25.1 Å². The Morgan fingerprint density at radius 1 is 1.50 bits per heavy atom. The van der Waals surface area contributed by atoms with Crippen LogP contribution in [0.25, 0.3) is 0 Å². The van der Waals surface area contributed by atoms with Gasteiger partial charge in [-0.05, 0) is 25.3 Å². The molecule has 0 aromatic heterocycles. The highest BCUT2D eigenvalue weighted by Gasteiger charge is 2.23. The van der Waals surface area contributed by atoms with E-state index < -0.39 is 0 Å². The highest BCUT2D eigenvalue weighted by molar-refractivity contribution is 5.39. The van der Waals surface area contributed by atoms with Crippen LogP contribution in [-0.2, 0) is 11.3 Å². The van der Waals surface area contributed by atoms with Gasteiger partial charge < -0.3 is 19.9 Å². The van der Waals surface area contributed by atoms with Gasteiger partial charge in [-0.1, -0.05) is 6.07 Å². The summed E-state index contributed by atoms with van der Waals surface area (Å²) in [5.41, 5.74) is 0.891. The van der Waals surface area contributed by atoms with Gasteiger partial charge in [-0.3, -0.25) is 0 Å². The van der Waals surface area contributed by atoms with E-state index in [1.807, 2.05) is 12.1 Å². The summed E-state index contributed by atoms with van der Waals surface area (Å²) < 4.78 is 10.6. The Morgan fingerprint density at radius 2 is 2.33 bits per heavy atom. The van der Waals surface area contributed by atoms with Crippen LogP contribution in [0.5, 0.6) is 11.5 Å². The number of aromatic hydroxyl groups is 1. The fraction of sp³-hybridized carbons (Fsp3) is 0.571. The molecule has 1 aromatic rings. The van der Waals surface area contributed by atoms with Gasteiger partial charge in [0, 0.05) is 31.3 Å². The second-order valence-electron chi connectivity index (χ2n) is 4.75. The van der Waals surface area contributed by atoms with E-state index >= 15 is 0 Å². The van der Waals surface area contributed by atoms with Crippen molar-refractivity contribution < 1.29 is 14.6 Å². The van der Waals surface area contributed by atoms with Crippen LogP contribution >= 0.6 is 0 Å². The molecular formula is C14H21NO3. The summed E-state index contributed by atoms with van der Waals surface area (Å²) in [5.74, 6) is 1.53.